The Labute approximate surface area is 159 Å². The SMILES string of the molecule is CNS(=O)(=O)CCNC(=O)C[C@H]1COc2ccc(C(=O)N(C)C)cc2N1C. The quantitative estimate of drug-likeness (QED) is 0.650. The van der Waals surface area contributed by atoms with Gasteiger partial charge in [0.15, 0.2) is 0 Å². The summed E-state index contributed by atoms with van der Waals surface area (Å²) in [4.78, 5) is 27.7. The van der Waals surface area contributed by atoms with Gasteiger partial charge in [0.1, 0.15) is 12.4 Å². The molecule has 1 aromatic carbocycles. The zero-order valence-corrected chi connectivity index (χ0v) is 16.8. The first-order valence-electron chi connectivity index (χ1n) is 8.54. The van der Waals surface area contributed by atoms with Gasteiger partial charge in [-0.05, 0) is 25.2 Å². The summed E-state index contributed by atoms with van der Waals surface area (Å²) in [6.07, 6.45) is 0.154. The molecule has 0 saturated heterocycles. The molecule has 0 bridgehead atoms. The van der Waals surface area contributed by atoms with Gasteiger partial charge >= 0.3 is 0 Å². The summed E-state index contributed by atoms with van der Waals surface area (Å²) in [7, 11) is 3.19. The van der Waals surface area contributed by atoms with E-state index in [2.05, 4.69) is 10.0 Å². The standard InChI is InChI=1S/C17H26N4O5S/c1-18-27(24,25)8-7-19-16(22)10-13-11-26-15-6-5-12(17(23)20(2)3)9-14(15)21(13)4/h5-6,9,13,18H,7-8,10-11H2,1-4H3,(H,19,22)/t13-/m0/s1. The van der Waals surface area contributed by atoms with Crippen LogP contribution in [0, 0.1) is 0 Å². The molecular weight excluding hydrogens is 372 g/mol. The second-order valence-electron chi connectivity index (χ2n) is 6.53. The summed E-state index contributed by atoms with van der Waals surface area (Å²) >= 11 is 0. The summed E-state index contributed by atoms with van der Waals surface area (Å²) in [5.74, 6) is 0.109. The van der Waals surface area contributed by atoms with Gasteiger partial charge in [-0.25, -0.2) is 13.1 Å². The predicted octanol–water partition coefficient (Wildman–Crippen LogP) is -0.359. The fourth-order valence-corrected chi connectivity index (χ4v) is 3.28. The second kappa shape index (κ2) is 8.57. The van der Waals surface area contributed by atoms with Gasteiger partial charge in [0.05, 0.1) is 23.9 Å². The number of ether oxygens (including phenoxy) is 1. The van der Waals surface area contributed by atoms with Crippen LogP contribution in [0.2, 0.25) is 0 Å². The van der Waals surface area contributed by atoms with E-state index in [-0.39, 0.29) is 36.6 Å². The number of sulfonamides is 1. The average Bonchev–Trinajstić information content (AvgIpc) is 2.63. The van der Waals surface area contributed by atoms with E-state index in [0.29, 0.717) is 17.9 Å². The van der Waals surface area contributed by atoms with Crippen LogP contribution in [0.1, 0.15) is 16.8 Å². The largest absolute Gasteiger partial charge is 0.489 e. The molecule has 9 nitrogen and oxygen atoms in total. The third kappa shape index (κ3) is 5.33. The maximum Gasteiger partial charge on any atom is 0.253 e. The number of anilines is 1. The zero-order valence-electron chi connectivity index (χ0n) is 16.0. The van der Waals surface area contributed by atoms with E-state index in [1.807, 2.05) is 11.9 Å². The third-order valence-corrected chi connectivity index (χ3v) is 5.76. The maximum atomic E-state index is 12.2. The maximum absolute atomic E-state index is 12.2. The summed E-state index contributed by atoms with van der Waals surface area (Å²) in [6, 6.07) is 5.00. The molecule has 1 heterocycles. The van der Waals surface area contributed by atoms with E-state index in [9.17, 15) is 18.0 Å². The van der Waals surface area contributed by atoms with Crippen molar-refractivity contribution in [3.63, 3.8) is 0 Å². The van der Waals surface area contributed by atoms with Crippen LogP contribution in [0.15, 0.2) is 18.2 Å². The molecular formula is C17H26N4O5S. The Morgan fingerprint density at radius 1 is 1.33 bits per heavy atom. The van der Waals surface area contributed by atoms with Crippen LogP contribution in [0.25, 0.3) is 0 Å². The van der Waals surface area contributed by atoms with Crippen molar-refractivity contribution in [1.82, 2.24) is 14.9 Å². The first-order chi connectivity index (χ1) is 12.6. The van der Waals surface area contributed by atoms with E-state index in [1.165, 1.54) is 11.9 Å². The molecule has 1 aliphatic rings. The molecule has 0 unspecified atom stereocenters. The molecule has 150 valence electrons. The van der Waals surface area contributed by atoms with Crippen molar-refractivity contribution in [1.29, 1.82) is 0 Å². The normalized spacial score (nSPS) is 16.3. The second-order valence-corrected chi connectivity index (χ2v) is 8.58. The monoisotopic (exact) mass is 398 g/mol. The number of nitrogens with zero attached hydrogens (tertiary/aromatic N) is 2. The minimum atomic E-state index is -3.35. The number of amides is 2. The number of fused-ring (bicyclic) bond motifs is 1. The molecule has 2 N–H and O–H groups in total. The lowest BCUT2D eigenvalue weighted by Crippen LogP contribution is -2.44. The molecule has 2 amide bonds. The Bertz CT molecular complexity index is 810. The van der Waals surface area contributed by atoms with Gasteiger partial charge in [-0.1, -0.05) is 0 Å². The fraction of sp³-hybridized carbons (Fsp3) is 0.529. The fourth-order valence-electron chi connectivity index (χ4n) is 2.71. The number of nitrogens with one attached hydrogen (secondary N) is 2. The highest BCUT2D eigenvalue weighted by Crippen LogP contribution is 2.34. The molecule has 1 atom stereocenters. The highest BCUT2D eigenvalue weighted by atomic mass is 32.2. The van der Waals surface area contributed by atoms with Crippen molar-refractivity contribution < 1.29 is 22.7 Å². The molecule has 0 aromatic heterocycles. The van der Waals surface area contributed by atoms with Gasteiger partial charge in [-0.3, -0.25) is 9.59 Å². The number of hydrogen-bond donors (Lipinski definition) is 2. The Kier molecular flexibility index (Phi) is 6.66. The van der Waals surface area contributed by atoms with Crippen molar-refractivity contribution in [3.05, 3.63) is 23.8 Å². The van der Waals surface area contributed by atoms with Crippen LogP contribution in [-0.2, 0) is 14.8 Å². The third-order valence-electron chi connectivity index (χ3n) is 4.40. The lowest BCUT2D eigenvalue weighted by atomic mass is 10.1. The molecule has 0 aliphatic carbocycles. The topological polar surface area (TPSA) is 108 Å². The van der Waals surface area contributed by atoms with Crippen molar-refractivity contribution in [2.24, 2.45) is 0 Å². The highest BCUT2D eigenvalue weighted by Gasteiger charge is 2.27. The number of hydrogen-bond acceptors (Lipinski definition) is 6. The summed E-state index contributed by atoms with van der Waals surface area (Å²) in [6.45, 7) is 0.365. The first kappa shape index (κ1) is 21.0. The van der Waals surface area contributed by atoms with Crippen molar-refractivity contribution in [2.75, 3.05) is 52.0 Å². The van der Waals surface area contributed by atoms with Crippen molar-refractivity contribution >= 4 is 27.5 Å². The number of rotatable bonds is 7. The molecule has 0 fully saturated rings. The summed E-state index contributed by atoms with van der Waals surface area (Å²) in [5.41, 5.74) is 1.28. The molecule has 10 heteroatoms. The van der Waals surface area contributed by atoms with Gasteiger partial charge in [0.2, 0.25) is 15.9 Å². The number of carbonyl (C=O) groups excluding carboxylic acids is 2. The molecule has 0 radical (unpaired) electrons. The van der Waals surface area contributed by atoms with Gasteiger partial charge < -0.3 is 19.9 Å². The van der Waals surface area contributed by atoms with E-state index in [1.54, 1.807) is 32.3 Å². The van der Waals surface area contributed by atoms with Gasteiger partial charge in [-0.2, -0.15) is 0 Å². The van der Waals surface area contributed by atoms with E-state index in [0.717, 1.165) is 5.69 Å². The number of likely N-dealkylation sites (N-methyl/N-ethyl adjacent to an activating group) is 1. The zero-order chi connectivity index (χ0) is 20.2. The Balaban J connectivity index is 2.01. The highest BCUT2D eigenvalue weighted by molar-refractivity contribution is 7.89. The first-order valence-corrected chi connectivity index (χ1v) is 10.2. The lowest BCUT2D eigenvalue weighted by molar-refractivity contribution is -0.121. The van der Waals surface area contributed by atoms with E-state index in [4.69, 9.17) is 4.74 Å². The van der Waals surface area contributed by atoms with E-state index < -0.39 is 10.0 Å². The minimum Gasteiger partial charge on any atom is -0.489 e. The van der Waals surface area contributed by atoms with Crippen LogP contribution in [0.5, 0.6) is 5.75 Å². The summed E-state index contributed by atoms with van der Waals surface area (Å²) in [5, 5.41) is 2.61. The number of benzene rings is 1. The predicted molar refractivity (Wildman–Crippen MR) is 103 cm³/mol. The van der Waals surface area contributed by atoms with Crippen LogP contribution in [-0.4, -0.2) is 78.3 Å². The van der Waals surface area contributed by atoms with Gasteiger partial charge in [0, 0.05) is 33.3 Å². The minimum absolute atomic E-state index is 0.0391. The molecule has 0 saturated carbocycles. The van der Waals surface area contributed by atoms with Crippen molar-refractivity contribution in [2.45, 2.75) is 12.5 Å². The van der Waals surface area contributed by atoms with Crippen LogP contribution < -0.4 is 19.7 Å². The smallest absolute Gasteiger partial charge is 0.253 e. The molecule has 0 spiro atoms. The molecule has 27 heavy (non-hydrogen) atoms. The molecule has 1 aromatic rings. The Morgan fingerprint density at radius 3 is 2.67 bits per heavy atom. The Hall–Kier alpha value is -2.33. The van der Waals surface area contributed by atoms with E-state index >= 15 is 0 Å². The van der Waals surface area contributed by atoms with Crippen LogP contribution in [0.4, 0.5) is 5.69 Å². The molecule has 1 aliphatic heterocycles. The average molecular weight is 398 g/mol. The van der Waals surface area contributed by atoms with Gasteiger partial charge in [0.25, 0.3) is 5.91 Å². The van der Waals surface area contributed by atoms with Gasteiger partial charge in [-0.15, -0.1) is 0 Å². The molecule has 2 rings (SSSR count). The number of carbonyl (C=O) groups is 2. The Morgan fingerprint density at radius 2 is 2.04 bits per heavy atom. The van der Waals surface area contributed by atoms with Crippen LogP contribution in [0.3, 0.4) is 0 Å². The van der Waals surface area contributed by atoms with Crippen molar-refractivity contribution in [3.8, 4) is 5.75 Å². The summed E-state index contributed by atoms with van der Waals surface area (Å²) < 4.78 is 30.7. The lowest BCUT2D eigenvalue weighted by Gasteiger charge is -2.35. The van der Waals surface area contributed by atoms with Crippen LogP contribution >= 0.6 is 0 Å².